The van der Waals surface area contributed by atoms with Crippen LogP contribution in [0.3, 0.4) is 0 Å². The van der Waals surface area contributed by atoms with Crippen molar-refractivity contribution in [2.24, 2.45) is 0 Å². The molecule has 0 aromatic carbocycles. The molecule has 269 valence electrons. The third kappa shape index (κ3) is 33.3. The van der Waals surface area contributed by atoms with E-state index in [1.165, 1.54) is 20.8 Å². The van der Waals surface area contributed by atoms with Crippen LogP contribution in [0.15, 0.2) is 0 Å². The quantitative estimate of drug-likeness (QED) is 0.0782. The van der Waals surface area contributed by atoms with Gasteiger partial charge in [0.15, 0.2) is 0 Å². The monoisotopic (exact) mass is 695 g/mol. The number of hydrogen-bond acceptors (Lipinski definition) is 6. The second-order valence-corrected chi connectivity index (χ2v) is 11.9. The van der Waals surface area contributed by atoms with Gasteiger partial charge in [0.25, 0.3) is 0 Å². The zero-order valence-electron chi connectivity index (χ0n) is 31.0. The van der Waals surface area contributed by atoms with Gasteiger partial charge in [0.05, 0.1) is 19.3 Å². The van der Waals surface area contributed by atoms with Crippen molar-refractivity contribution in [2.45, 2.75) is 159 Å². The molecule has 0 saturated heterocycles. The predicted octanol–water partition coefficient (Wildman–Crippen LogP) is 7.18. The Hall–Kier alpha value is -2.06. The van der Waals surface area contributed by atoms with Gasteiger partial charge in [-0.05, 0) is 59.3 Å². The number of ketones is 3. The van der Waals surface area contributed by atoms with Gasteiger partial charge in [-0.25, -0.2) is 0 Å². The third-order valence-electron chi connectivity index (χ3n) is 6.95. The summed E-state index contributed by atoms with van der Waals surface area (Å²) in [6, 6.07) is 0. The van der Waals surface area contributed by atoms with Crippen LogP contribution in [-0.4, -0.2) is 89.0 Å². The van der Waals surface area contributed by atoms with E-state index < -0.39 is 0 Å². The van der Waals surface area contributed by atoms with E-state index in [9.17, 15) is 28.8 Å². The van der Waals surface area contributed by atoms with Gasteiger partial charge >= 0.3 is 17.1 Å². The van der Waals surface area contributed by atoms with Crippen molar-refractivity contribution < 1.29 is 45.8 Å². The first-order valence-corrected chi connectivity index (χ1v) is 17.7. The summed E-state index contributed by atoms with van der Waals surface area (Å²) in [6.07, 6.45) is 12.8. The molecule has 0 aromatic heterocycles. The first-order chi connectivity index (χ1) is 21.3. The Morgan fingerprint density at radius 3 is 0.609 bits per heavy atom. The summed E-state index contributed by atoms with van der Waals surface area (Å²) in [4.78, 5) is 73.1. The second-order valence-electron chi connectivity index (χ2n) is 11.9. The fourth-order valence-corrected chi connectivity index (χ4v) is 4.15. The van der Waals surface area contributed by atoms with E-state index in [4.69, 9.17) is 0 Å². The molecular weight excluding hydrogens is 626 g/mol. The first kappa shape index (κ1) is 50.8. The second kappa shape index (κ2) is 35.8. The Morgan fingerprint density at radius 2 is 0.500 bits per heavy atom. The Morgan fingerprint density at radius 1 is 0.348 bits per heavy atom. The molecule has 0 unspecified atom stereocenters. The topological polar surface area (TPSA) is 112 Å². The molecule has 1 radical (unpaired) electrons. The summed E-state index contributed by atoms with van der Waals surface area (Å²) in [5.41, 5.74) is 0. The zero-order valence-corrected chi connectivity index (χ0v) is 32.1. The van der Waals surface area contributed by atoms with E-state index in [0.29, 0.717) is 0 Å². The van der Waals surface area contributed by atoms with E-state index in [1.54, 1.807) is 0 Å². The van der Waals surface area contributed by atoms with Crippen LogP contribution < -0.4 is 0 Å². The summed E-state index contributed by atoms with van der Waals surface area (Å²) in [6.45, 7) is 21.8. The maximum Gasteiger partial charge on any atom is 3.00 e. The Balaban J connectivity index is -0.000000285. The standard InChI is InChI=1S/3C12H23NO2.Fe/c3*1-4-6-8-13(9-7-5-2)12(15)10-11(3)14;/h3*4-10H2,1-3H3;/q;;;+3. The number of Topliss-reactive ketones (excluding diaryl/α,β-unsaturated/α-hetero) is 3. The van der Waals surface area contributed by atoms with Crippen LogP contribution in [0.1, 0.15) is 159 Å². The van der Waals surface area contributed by atoms with Crippen molar-refractivity contribution >= 4 is 35.1 Å². The van der Waals surface area contributed by atoms with Crippen molar-refractivity contribution in [3.63, 3.8) is 0 Å². The summed E-state index contributed by atoms with van der Waals surface area (Å²) in [7, 11) is 0. The van der Waals surface area contributed by atoms with Crippen LogP contribution in [0.4, 0.5) is 0 Å². The van der Waals surface area contributed by atoms with Crippen LogP contribution in [0, 0.1) is 0 Å². The van der Waals surface area contributed by atoms with E-state index in [-0.39, 0.29) is 71.4 Å². The minimum absolute atomic E-state index is 0. The van der Waals surface area contributed by atoms with E-state index in [0.717, 1.165) is 116 Å². The number of carbonyl (C=O) groups excluding carboxylic acids is 6. The van der Waals surface area contributed by atoms with Gasteiger partial charge in [0.1, 0.15) is 17.3 Å². The number of unbranched alkanes of at least 4 members (excludes halogenated alkanes) is 6. The van der Waals surface area contributed by atoms with Crippen molar-refractivity contribution in [2.75, 3.05) is 39.3 Å². The van der Waals surface area contributed by atoms with Crippen LogP contribution in [0.5, 0.6) is 0 Å². The smallest absolute Gasteiger partial charge is 0.342 e. The molecule has 0 spiro atoms. The molecule has 0 saturated carbocycles. The van der Waals surface area contributed by atoms with Gasteiger partial charge in [-0.2, -0.15) is 0 Å². The van der Waals surface area contributed by atoms with Crippen molar-refractivity contribution in [1.82, 2.24) is 14.7 Å². The Labute approximate surface area is 292 Å². The normalized spacial score (nSPS) is 9.85. The number of nitrogens with zero attached hydrogens (tertiary/aromatic N) is 3. The molecule has 3 amide bonds. The maximum atomic E-state index is 11.7. The van der Waals surface area contributed by atoms with Gasteiger partial charge in [-0.3, -0.25) is 28.8 Å². The predicted molar refractivity (Wildman–Crippen MR) is 185 cm³/mol. The van der Waals surface area contributed by atoms with Crippen molar-refractivity contribution in [3.05, 3.63) is 0 Å². The summed E-state index contributed by atoms with van der Waals surface area (Å²) in [5.74, 6) is -0.160. The number of hydrogen-bond donors (Lipinski definition) is 0. The maximum absolute atomic E-state index is 11.7. The molecule has 0 rings (SSSR count). The minimum Gasteiger partial charge on any atom is -0.342 e. The summed E-state index contributed by atoms with van der Waals surface area (Å²) >= 11 is 0. The average Bonchev–Trinajstić information content (AvgIpc) is 2.96. The fourth-order valence-electron chi connectivity index (χ4n) is 4.15. The largest absolute Gasteiger partial charge is 3.00 e. The fraction of sp³-hybridized carbons (Fsp3) is 0.833. The van der Waals surface area contributed by atoms with Gasteiger partial charge < -0.3 is 14.7 Å². The molecule has 0 N–H and O–H groups in total. The molecule has 0 aliphatic heterocycles. The Bertz CT molecular complexity index is 693. The van der Waals surface area contributed by atoms with Crippen molar-refractivity contribution in [1.29, 1.82) is 0 Å². The molecule has 10 heteroatoms. The molecule has 0 aliphatic carbocycles. The molecular formula is C36H69FeN3O6+3. The van der Waals surface area contributed by atoms with Gasteiger partial charge in [0, 0.05) is 39.3 Å². The zero-order chi connectivity index (χ0) is 35.0. The van der Waals surface area contributed by atoms with E-state index in [2.05, 4.69) is 41.5 Å². The van der Waals surface area contributed by atoms with E-state index >= 15 is 0 Å². The Kier molecular flexibility index (Phi) is 39.5. The van der Waals surface area contributed by atoms with Crippen LogP contribution >= 0.6 is 0 Å². The summed E-state index contributed by atoms with van der Waals surface area (Å²) in [5, 5.41) is 0. The number of amides is 3. The third-order valence-corrected chi connectivity index (χ3v) is 6.95. The van der Waals surface area contributed by atoms with Gasteiger partial charge in [-0.1, -0.05) is 80.1 Å². The summed E-state index contributed by atoms with van der Waals surface area (Å²) < 4.78 is 0. The minimum atomic E-state index is -0.0435. The molecule has 0 fully saturated rings. The van der Waals surface area contributed by atoms with Gasteiger partial charge in [-0.15, -0.1) is 0 Å². The molecule has 46 heavy (non-hydrogen) atoms. The van der Waals surface area contributed by atoms with Crippen LogP contribution in [0.2, 0.25) is 0 Å². The molecule has 0 aromatic rings. The molecule has 9 nitrogen and oxygen atoms in total. The van der Waals surface area contributed by atoms with Crippen LogP contribution in [0.25, 0.3) is 0 Å². The average molecular weight is 696 g/mol. The molecule has 0 bridgehead atoms. The SMILES string of the molecule is CCCCN(CCCC)C(=O)CC(C)=O.CCCCN(CCCC)C(=O)CC(C)=O.CCCCN(CCCC)C(=O)CC(C)=O.[Fe+3]. The molecule has 0 atom stereocenters. The molecule has 0 aliphatic rings. The number of rotatable bonds is 24. The van der Waals surface area contributed by atoms with E-state index in [1.807, 2.05) is 14.7 Å². The number of carbonyl (C=O) groups is 6. The van der Waals surface area contributed by atoms with Crippen LogP contribution in [-0.2, 0) is 45.8 Å². The van der Waals surface area contributed by atoms with Gasteiger partial charge in [0.2, 0.25) is 17.7 Å². The first-order valence-electron chi connectivity index (χ1n) is 17.7. The van der Waals surface area contributed by atoms with Crippen molar-refractivity contribution in [3.8, 4) is 0 Å². The molecule has 0 heterocycles.